The minimum Gasteiger partial charge on any atom is -0.504 e. The molecule has 3 fully saturated rings. The van der Waals surface area contributed by atoms with Gasteiger partial charge < -0.3 is 19.8 Å². The Morgan fingerprint density at radius 1 is 1.05 bits per heavy atom. The monoisotopic (exact) mass is 536 g/mol. The highest BCUT2D eigenvalue weighted by Crippen LogP contribution is 2.40. The second kappa shape index (κ2) is 10.2. The Labute approximate surface area is 225 Å². The second-order valence-corrected chi connectivity index (χ2v) is 10.9. The number of phenolic OH excluding ortho intramolecular Hbond substituents is 1. The van der Waals surface area contributed by atoms with E-state index in [0.717, 1.165) is 44.4 Å². The lowest BCUT2D eigenvalue weighted by atomic mass is 9.98. The first-order valence-corrected chi connectivity index (χ1v) is 13.7. The number of hydrogen-bond donors (Lipinski definition) is 1. The summed E-state index contributed by atoms with van der Waals surface area (Å²) in [5.74, 6) is -1.29. The Hall–Kier alpha value is -3.23. The highest BCUT2D eigenvalue weighted by Gasteiger charge is 2.35. The van der Waals surface area contributed by atoms with E-state index in [2.05, 4.69) is 9.88 Å². The zero-order valence-corrected chi connectivity index (χ0v) is 21.9. The molecule has 3 aromatic rings. The molecule has 1 aromatic heterocycles. The van der Waals surface area contributed by atoms with E-state index in [9.17, 15) is 19.1 Å². The maximum atomic E-state index is 14.3. The van der Waals surface area contributed by atoms with E-state index in [1.807, 2.05) is 28.0 Å². The fraction of sp³-hybridized carbons (Fsp3) is 0.414. The van der Waals surface area contributed by atoms with Crippen LogP contribution in [0.15, 0.2) is 36.5 Å². The number of fused-ring (bicyclic) bond motifs is 1. The number of ketones is 1. The van der Waals surface area contributed by atoms with Crippen LogP contribution in [0.25, 0.3) is 22.0 Å². The summed E-state index contributed by atoms with van der Waals surface area (Å²) < 4.78 is 14.3. The molecule has 0 spiro atoms. The maximum Gasteiger partial charge on any atom is 0.242 e. The molecule has 1 N–H and O–H groups in total. The summed E-state index contributed by atoms with van der Waals surface area (Å²) in [7, 11) is 0. The summed E-state index contributed by atoms with van der Waals surface area (Å²) in [5.41, 5.74) is 3.11. The number of pyridine rings is 1. The molecule has 3 aliphatic rings. The van der Waals surface area contributed by atoms with Crippen molar-refractivity contribution in [3.05, 3.63) is 52.9 Å². The first-order valence-electron chi connectivity index (χ1n) is 13.3. The molecule has 2 aliphatic heterocycles. The SMILES string of the molecule is O=C(c1cnc2ccc(-c3cc(F)c(O)c(Cl)c3)cc2c1N1CCN(CCN2CCCC2)C(=O)C1)C1CC1. The third-order valence-electron chi connectivity index (χ3n) is 7.92. The van der Waals surface area contributed by atoms with Crippen molar-refractivity contribution in [3.8, 4) is 16.9 Å². The first kappa shape index (κ1) is 25.1. The van der Waals surface area contributed by atoms with Crippen LogP contribution in [0, 0.1) is 11.7 Å². The number of aromatic nitrogens is 1. The van der Waals surface area contributed by atoms with E-state index >= 15 is 0 Å². The van der Waals surface area contributed by atoms with Crippen LogP contribution < -0.4 is 4.90 Å². The molecule has 38 heavy (non-hydrogen) atoms. The predicted octanol–water partition coefficient (Wildman–Crippen LogP) is 4.74. The molecule has 0 unspecified atom stereocenters. The average Bonchev–Trinajstić information content (AvgIpc) is 3.64. The molecule has 7 nitrogen and oxygen atoms in total. The number of aromatic hydroxyl groups is 1. The average molecular weight is 537 g/mol. The van der Waals surface area contributed by atoms with Crippen molar-refractivity contribution < 1.29 is 19.1 Å². The van der Waals surface area contributed by atoms with E-state index in [4.69, 9.17) is 11.6 Å². The summed E-state index contributed by atoms with van der Waals surface area (Å²) in [6.07, 6.45) is 5.81. The highest BCUT2D eigenvalue weighted by molar-refractivity contribution is 6.32. The van der Waals surface area contributed by atoms with Gasteiger partial charge in [0.05, 0.1) is 28.3 Å². The minimum atomic E-state index is -0.806. The van der Waals surface area contributed by atoms with Crippen LogP contribution in [0.2, 0.25) is 5.02 Å². The number of halogens is 2. The lowest BCUT2D eigenvalue weighted by Crippen LogP contribution is -2.52. The molecule has 0 atom stereocenters. The van der Waals surface area contributed by atoms with Crippen molar-refractivity contribution >= 4 is 39.9 Å². The standard InChI is InChI=1S/C29H30ClFN4O3/c30-23-14-20(15-24(31)29(23)38)19-5-6-25-21(13-19)27(22(16-32-25)28(37)18-3-4-18)35-12-11-34(26(36)17-35)10-9-33-7-1-2-8-33/h5-6,13-16,18,38H,1-4,7-12,17H2. The number of Topliss-reactive ketones (excluding diaryl/α,β-unsaturated/α-hetero) is 1. The van der Waals surface area contributed by atoms with Gasteiger partial charge in [-0.15, -0.1) is 0 Å². The van der Waals surface area contributed by atoms with Gasteiger partial charge in [-0.05, 0) is 74.2 Å². The number of phenols is 1. The third kappa shape index (κ3) is 4.83. The molecule has 0 radical (unpaired) electrons. The first-order chi connectivity index (χ1) is 18.4. The van der Waals surface area contributed by atoms with Crippen LogP contribution in [0.1, 0.15) is 36.0 Å². The number of piperazine rings is 1. The van der Waals surface area contributed by atoms with Crippen LogP contribution in [-0.2, 0) is 4.79 Å². The van der Waals surface area contributed by atoms with Gasteiger partial charge in [0.2, 0.25) is 5.91 Å². The number of carbonyl (C=O) groups excluding carboxylic acids is 2. The zero-order chi connectivity index (χ0) is 26.4. The Bertz CT molecular complexity index is 1400. The van der Waals surface area contributed by atoms with Gasteiger partial charge in [0.15, 0.2) is 17.3 Å². The number of amides is 1. The van der Waals surface area contributed by atoms with Gasteiger partial charge in [-0.1, -0.05) is 17.7 Å². The molecular weight excluding hydrogens is 507 g/mol. The van der Waals surface area contributed by atoms with Gasteiger partial charge in [0.1, 0.15) is 0 Å². The number of rotatable bonds is 7. The van der Waals surface area contributed by atoms with E-state index in [1.165, 1.54) is 25.0 Å². The van der Waals surface area contributed by atoms with Crippen molar-refractivity contribution in [3.63, 3.8) is 0 Å². The van der Waals surface area contributed by atoms with Gasteiger partial charge in [-0.2, -0.15) is 0 Å². The molecular formula is C29H30ClFN4O3. The summed E-state index contributed by atoms with van der Waals surface area (Å²) in [6.45, 7) is 5.20. The summed E-state index contributed by atoms with van der Waals surface area (Å²) in [4.78, 5) is 37.5. The van der Waals surface area contributed by atoms with Gasteiger partial charge in [0, 0.05) is 43.7 Å². The van der Waals surface area contributed by atoms with Gasteiger partial charge >= 0.3 is 0 Å². The van der Waals surface area contributed by atoms with E-state index in [0.29, 0.717) is 41.0 Å². The predicted molar refractivity (Wildman–Crippen MR) is 145 cm³/mol. The van der Waals surface area contributed by atoms with Gasteiger partial charge in [-0.25, -0.2) is 4.39 Å². The van der Waals surface area contributed by atoms with Crippen molar-refractivity contribution in [2.75, 3.05) is 50.7 Å². The van der Waals surface area contributed by atoms with Crippen molar-refractivity contribution in [2.45, 2.75) is 25.7 Å². The van der Waals surface area contributed by atoms with E-state index in [1.54, 1.807) is 6.20 Å². The normalized spacial score (nSPS) is 18.5. The van der Waals surface area contributed by atoms with E-state index < -0.39 is 11.6 Å². The fourth-order valence-corrected chi connectivity index (χ4v) is 5.79. The molecule has 3 heterocycles. The largest absolute Gasteiger partial charge is 0.504 e. The Balaban J connectivity index is 1.36. The lowest BCUT2D eigenvalue weighted by Gasteiger charge is -2.37. The summed E-state index contributed by atoms with van der Waals surface area (Å²) in [5, 5.41) is 10.4. The molecule has 0 bridgehead atoms. The molecule has 1 saturated carbocycles. The molecule has 9 heteroatoms. The van der Waals surface area contributed by atoms with Gasteiger partial charge in [-0.3, -0.25) is 14.6 Å². The molecule has 198 valence electrons. The molecule has 2 aromatic carbocycles. The number of likely N-dealkylation sites (tertiary alicyclic amines) is 1. The number of anilines is 1. The van der Waals surface area contributed by atoms with Crippen LogP contribution in [0.4, 0.5) is 10.1 Å². The smallest absolute Gasteiger partial charge is 0.242 e. The quantitative estimate of drug-likeness (QED) is 0.440. The van der Waals surface area contributed by atoms with E-state index in [-0.39, 0.29) is 29.2 Å². The lowest BCUT2D eigenvalue weighted by molar-refractivity contribution is -0.131. The van der Waals surface area contributed by atoms with Crippen LogP contribution in [0.5, 0.6) is 5.75 Å². The van der Waals surface area contributed by atoms with Crippen LogP contribution in [0.3, 0.4) is 0 Å². The van der Waals surface area contributed by atoms with Crippen molar-refractivity contribution in [1.82, 2.24) is 14.8 Å². The number of nitrogens with zero attached hydrogens (tertiary/aromatic N) is 4. The fourth-order valence-electron chi connectivity index (χ4n) is 5.58. The topological polar surface area (TPSA) is 77.0 Å². The maximum absolute atomic E-state index is 14.3. The summed E-state index contributed by atoms with van der Waals surface area (Å²) >= 11 is 6.05. The zero-order valence-electron chi connectivity index (χ0n) is 21.1. The number of carbonyl (C=O) groups is 2. The van der Waals surface area contributed by atoms with Crippen LogP contribution >= 0.6 is 11.6 Å². The second-order valence-electron chi connectivity index (χ2n) is 10.5. The highest BCUT2D eigenvalue weighted by atomic mass is 35.5. The minimum absolute atomic E-state index is 0.00126. The number of benzene rings is 2. The third-order valence-corrected chi connectivity index (χ3v) is 8.21. The molecule has 2 saturated heterocycles. The van der Waals surface area contributed by atoms with Crippen molar-refractivity contribution in [1.29, 1.82) is 0 Å². The summed E-state index contributed by atoms with van der Waals surface area (Å²) in [6, 6.07) is 8.25. The van der Waals surface area contributed by atoms with Crippen LogP contribution in [-0.4, -0.2) is 77.4 Å². The molecule has 6 rings (SSSR count). The Morgan fingerprint density at radius 2 is 1.84 bits per heavy atom. The Morgan fingerprint density at radius 3 is 2.55 bits per heavy atom. The Kier molecular flexibility index (Phi) is 6.70. The molecule has 1 aliphatic carbocycles. The van der Waals surface area contributed by atoms with Crippen molar-refractivity contribution in [2.24, 2.45) is 5.92 Å². The van der Waals surface area contributed by atoms with Gasteiger partial charge in [0.25, 0.3) is 0 Å². The molecule has 1 amide bonds. The number of hydrogen-bond acceptors (Lipinski definition) is 6.